The smallest absolute Gasteiger partial charge is 0.242 e. The van der Waals surface area contributed by atoms with Crippen molar-refractivity contribution in [1.29, 1.82) is 0 Å². The lowest BCUT2D eigenvalue weighted by Gasteiger charge is -2.14. The molecule has 2 rings (SSSR count). The van der Waals surface area contributed by atoms with E-state index in [2.05, 4.69) is 37.5 Å². The first-order valence-electron chi connectivity index (χ1n) is 5.86. The minimum Gasteiger partial charge on any atom is -0.302 e. The summed E-state index contributed by atoms with van der Waals surface area (Å²) in [6.07, 6.45) is 3.78. The molecule has 0 aromatic carbocycles. The number of aromatic nitrogens is 1. The molecule has 0 aliphatic carbocycles. The van der Waals surface area contributed by atoms with Crippen LogP contribution in [0.15, 0.2) is 27.8 Å². The van der Waals surface area contributed by atoms with Crippen LogP contribution >= 0.6 is 15.9 Å². The zero-order valence-corrected chi connectivity index (χ0v) is 12.5. The van der Waals surface area contributed by atoms with Crippen LogP contribution in [0.3, 0.4) is 0 Å². The molecule has 18 heavy (non-hydrogen) atoms. The summed E-state index contributed by atoms with van der Waals surface area (Å²) in [6, 6.07) is 1.55. The molecule has 2 heterocycles. The van der Waals surface area contributed by atoms with Crippen LogP contribution in [0.2, 0.25) is 0 Å². The minimum absolute atomic E-state index is 0.00562. The van der Waals surface area contributed by atoms with Crippen LogP contribution in [0.1, 0.15) is 13.3 Å². The van der Waals surface area contributed by atoms with E-state index in [1.165, 1.54) is 6.20 Å². The Morgan fingerprint density at radius 1 is 1.56 bits per heavy atom. The summed E-state index contributed by atoms with van der Waals surface area (Å²) in [5.74, 6) is 0. The molecule has 0 saturated carbocycles. The van der Waals surface area contributed by atoms with Crippen molar-refractivity contribution in [3.63, 3.8) is 0 Å². The van der Waals surface area contributed by atoms with Gasteiger partial charge in [0.05, 0.1) is 0 Å². The van der Waals surface area contributed by atoms with Crippen molar-refractivity contribution in [2.24, 2.45) is 0 Å². The number of likely N-dealkylation sites (N-methyl/N-ethyl adjacent to an activating group) is 1. The van der Waals surface area contributed by atoms with Crippen LogP contribution in [0.25, 0.3) is 0 Å². The second-order valence-corrected chi connectivity index (χ2v) is 6.97. The molecule has 100 valence electrons. The number of hydrogen-bond donors (Lipinski definition) is 1. The van der Waals surface area contributed by atoms with Crippen molar-refractivity contribution >= 4 is 26.0 Å². The van der Waals surface area contributed by atoms with E-state index < -0.39 is 10.0 Å². The molecule has 5 nitrogen and oxygen atoms in total. The summed E-state index contributed by atoms with van der Waals surface area (Å²) >= 11 is 3.23. The molecule has 1 unspecified atom stereocenters. The molecule has 1 aromatic heterocycles. The van der Waals surface area contributed by atoms with Crippen molar-refractivity contribution in [2.45, 2.75) is 24.3 Å². The van der Waals surface area contributed by atoms with Gasteiger partial charge in [-0.05, 0) is 41.5 Å². The second-order valence-electron chi connectivity index (χ2n) is 4.34. The van der Waals surface area contributed by atoms with Crippen LogP contribution in [-0.4, -0.2) is 44.0 Å². The average molecular weight is 334 g/mol. The molecule has 0 radical (unpaired) electrons. The van der Waals surface area contributed by atoms with Gasteiger partial charge in [0, 0.05) is 29.5 Å². The average Bonchev–Trinajstić information content (AvgIpc) is 2.76. The zero-order chi connectivity index (χ0) is 13.2. The molecule has 1 aromatic rings. The lowest BCUT2D eigenvalue weighted by Crippen LogP contribution is -2.37. The van der Waals surface area contributed by atoms with E-state index in [4.69, 9.17) is 0 Å². The number of pyridine rings is 1. The number of rotatable bonds is 4. The summed E-state index contributed by atoms with van der Waals surface area (Å²) in [5.41, 5.74) is 0. The van der Waals surface area contributed by atoms with E-state index in [9.17, 15) is 8.42 Å². The molecule has 1 aliphatic heterocycles. The molecule has 0 bridgehead atoms. The molecular formula is C11H16BrN3O2S. The summed E-state index contributed by atoms with van der Waals surface area (Å²) in [6.45, 7) is 4.75. The van der Waals surface area contributed by atoms with Crippen LogP contribution < -0.4 is 4.72 Å². The number of sulfonamides is 1. The third kappa shape index (κ3) is 3.28. The molecule has 0 spiro atoms. The minimum atomic E-state index is -3.47. The van der Waals surface area contributed by atoms with E-state index >= 15 is 0 Å². The van der Waals surface area contributed by atoms with Crippen molar-refractivity contribution in [3.8, 4) is 0 Å². The van der Waals surface area contributed by atoms with Gasteiger partial charge >= 0.3 is 0 Å². The van der Waals surface area contributed by atoms with Gasteiger partial charge in [0.15, 0.2) is 0 Å². The molecule has 1 aliphatic rings. The van der Waals surface area contributed by atoms with E-state index in [1.807, 2.05) is 0 Å². The SMILES string of the molecule is CCN1CCC(NS(=O)(=O)c2cncc(Br)c2)C1. The lowest BCUT2D eigenvalue weighted by atomic mass is 10.3. The van der Waals surface area contributed by atoms with Gasteiger partial charge in [0.2, 0.25) is 10.0 Å². The summed E-state index contributed by atoms with van der Waals surface area (Å²) in [4.78, 5) is 6.31. The number of halogens is 1. The molecule has 1 N–H and O–H groups in total. The lowest BCUT2D eigenvalue weighted by molar-refractivity contribution is 0.351. The predicted molar refractivity (Wildman–Crippen MR) is 72.8 cm³/mol. The van der Waals surface area contributed by atoms with Gasteiger partial charge in [0.1, 0.15) is 4.90 Å². The fourth-order valence-corrected chi connectivity index (χ4v) is 3.81. The van der Waals surface area contributed by atoms with Crippen LogP contribution in [0.5, 0.6) is 0 Å². The molecule has 1 saturated heterocycles. The third-order valence-electron chi connectivity index (χ3n) is 3.03. The molecule has 7 heteroatoms. The van der Waals surface area contributed by atoms with Crippen LogP contribution in [0.4, 0.5) is 0 Å². The van der Waals surface area contributed by atoms with Crippen LogP contribution in [-0.2, 0) is 10.0 Å². The highest BCUT2D eigenvalue weighted by Crippen LogP contribution is 2.16. The van der Waals surface area contributed by atoms with E-state index in [1.54, 1.807) is 12.3 Å². The maximum atomic E-state index is 12.1. The van der Waals surface area contributed by atoms with Gasteiger partial charge in [-0.25, -0.2) is 13.1 Å². The first-order valence-corrected chi connectivity index (χ1v) is 8.14. The third-order valence-corrected chi connectivity index (χ3v) is 4.95. The Hall–Kier alpha value is -0.500. The van der Waals surface area contributed by atoms with Gasteiger partial charge in [-0.1, -0.05) is 6.92 Å². The number of hydrogen-bond acceptors (Lipinski definition) is 4. The van der Waals surface area contributed by atoms with Crippen molar-refractivity contribution in [3.05, 3.63) is 22.9 Å². The highest BCUT2D eigenvalue weighted by Gasteiger charge is 2.26. The molecule has 1 atom stereocenters. The summed E-state index contributed by atoms with van der Waals surface area (Å²) < 4.78 is 27.7. The van der Waals surface area contributed by atoms with Gasteiger partial charge in [-0.15, -0.1) is 0 Å². The Bertz CT molecular complexity index is 521. The number of nitrogens with one attached hydrogen (secondary N) is 1. The maximum Gasteiger partial charge on any atom is 0.242 e. The second kappa shape index (κ2) is 5.64. The molecule has 1 fully saturated rings. The normalized spacial score (nSPS) is 21.3. The predicted octanol–water partition coefficient (Wildman–Crippen LogP) is 1.22. The molecular weight excluding hydrogens is 318 g/mol. The monoisotopic (exact) mass is 333 g/mol. The Labute approximate surface area is 116 Å². The summed E-state index contributed by atoms with van der Waals surface area (Å²) in [7, 11) is -3.47. The van der Waals surface area contributed by atoms with Gasteiger partial charge in [-0.3, -0.25) is 4.98 Å². The van der Waals surface area contributed by atoms with E-state index in [0.29, 0.717) is 4.47 Å². The fraction of sp³-hybridized carbons (Fsp3) is 0.545. The summed E-state index contributed by atoms with van der Waals surface area (Å²) in [5, 5.41) is 0. The topological polar surface area (TPSA) is 62.3 Å². The Morgan fingerprint density at radius 2 is 2.33 bits per heavy atom. The largest absolute Gasteiger partial charge is 0.302 e. The van der Waals surface area contributed by atoms with Crippen molar-refractivity contribution in [2.75, 3.05) is 19.6 Å². The van der Waals surface area contributed by atoms with Crippen LogP contribution in [0, 0.1) is 0 Å². The van der Waals surface area contributed by atoms with Crippen molar-refractivity contribution < 1.29 is 8.42 Å². The standard InChI is InChI=1S/C11H16BrN3O2S/c1-2-15-4-3-10(8-15)14-18(16,17)11-5-9(12)6-13-7-11/h5-7,10,14H,2-4,8H2,1H3. The Balaban J connectivity index is 2.09. The highest BCUT2D eigenvalue weighted by molar-refractivity contribution is 9.10. The highest BCUT2D eigenvalue weighted by atomic mass is 79.9. The quantitative estimate of drug-likeness (QED) is 0.899. The van der Waals surface area contributed by atoms with Crippen molar-refractivity contribution in [1.82, 2.24) is 14.6 Å². The molecule has 0 amide bonds. The van der Waals surface area contributed by atoms with E-state index in [0.717, 1.165) is 26.1 Å². The Morgan fingerprint density at radius 3 is 2.94 bits per heavy atom. The van der Waals surface area contributed by atoms with Gasteiger partial charge < -0.3 is 4.90 Å². The zero-order valence-electron chi connectivity index (χ0n) is 10.1. The fourth-order valence-electron chi connectivity index (χ4n) is 2.04. The first-order chi connectivity index (χ1) is 8.51. The van der Waals surface area contributed by atoms with E-state index in [-0.39, 0.29) is 10.9 Å². The van der Waals surface area contributed by atoms with Gasteiger partial charge in [0.25, 0.3) is 0 Å². The number of likely N-dealkylation sites (tertiary alicyclic amines) is 1. The Kier molecular flexibility index (Phi) is 4.37. The first kappa shape index (κ1) is 13.9. The maximum absolute atomic E-state index is 12.1. The van der Waals surface area contributed by atoms with Gasteiger partial charge in [-0.2, -0.15) is 0 Å². The number of nitrogens with zero attached hydrogens (tertiary/aromatic N) is 2.